The summed E-state index contributed by atoms with van der Waals surface area (Å²) in [5.41, 5.74) is 6.22. The van der Waals surface area contributed by atoms with Gasteiger partial charge in [-0.1, -0.05) is 110 Å². The second kappa shape index (κ2) is 26.5. The molecule has 2 amide bonds. The minimum atomic E-state index is -0.573. The zero-order valence-electron chi connectivity index (χ0n) is 43.0. The number of nitro benzene ring substituents is 2. The molecule has 10 rings (SSSR count). The largest absolute Gasteiger partial charge is 0.465 e. The van der Waals surface area contributed by atoms with Gasteiger partial charge in [-0.25, -0.2) is 9.59 Å². The average molecular weight is 1340 g/mol. The first kappa shape index (κ1) is 59.2. The van der Waals surface area contributed by atoms with E-state index in [0.29, 0.717) is 54.4 Å². The van der Waals surface area contributed by atoms with E-state index in [2.05, 4.69) is 74.4 Å². The monoisotopic (exact) mass is 1340 g/mol. The van der Waals surface area contributed by atoms with Crippen LogP contribution in [0.2, 0.25) is 0 Å². The number of carbonyl (C=O) groups excluding carboxylic acids is 4. The molecule has 0 saturated heterocycles. The molecule has 408 valence electrons. The van der Waals surface area contributed by atoms with E-state index in [9.17, 15) is 39.4 Å². The van der Waals surface area contributed by atoms with Crippen LogP contribution in [0.1, 0.15) is 63.7 Å². The molecule has 8 aromatic carbocycles. The normalized spacial score (nSPS) is 11.4. The number of anilines is 2. The van der Waals surface area contributed by atoms with E-state index < -0.39 is 21.8 Å². The van der Waals surface area contributed by atoms with Gasteiger partial charge in [-0.15, -0.1) is 0 Å². The van der Waals surface area contributed by atoms with Crippen molar-refractivity contribution in [2.75, 3.05) is 24.9 Å². The van der Waals surface area contributed by atoms with Crippen molar-refractivity contribution in [1.29, 1.82) is 0 Å². The summed E-state index contributed by atoms with van der Waals surface area (Å²) in [4.78, 5) is 68.9. The number of benzene rings is 8. The van der Waals surface area contributed by atoms with Gasteiger partial charge in [0.15, 0.2) is 11.5 Å². The molecule has 8 aromatic rings. The highest BCUT2D eigenvalue weighted by atomic mass is 79.9. The lowest BCUT2D eigenvalue weighted by atomic mass is 10.1. The zero-order chi connectivity index (χ0) is 57.9. The summed E-state index contributed by atoms with van der Waals surface area (Å²) in [6.07, 6.45) is 0. The molecular weight excluding hydrogens is 1300 g/mol. The Kier molecular flexibility index (Phi) is 19.6. The lowest BCUT2D eigenvalue weighted by Crippen LogP contribution is -2.10. The van der Waals surface area contributed by atoms with E-state index in [1.165, 1.54) is 38.5 Å². The molecule has 2 N–H and O–H groups in total. The maximum absolute atomic E-state index is 12.1. The first-order chi connectivity index (χ1) is 38.1. The maximum atomic E-state index is 12.1. The van der Waals surface area contributed by atoms with Gasteiger partial charge in [0, 0.05) is 36.1 Å². The highest BCUT2D eigenvalue weighted by Crippen LogP contribution is 2.41. The van der Waals surface area contributed by atoms with Crippen LogP contribution in [0.5, 0.6) is 46.0 Å². The highest BCUT2D eigenvalue weighted by Gasteiger charge is 2.25. The topological polar surface area (TPSA) is 234 Å². The van der Waals surface area contributed by atoms with E-state index in [4.69, 9.17) is 28.4 Å². The predicted molar refractivity (Wildman–Crippen MR) is 313 cm³/mol. The zero-order valence-corrected chi connectivity index (χ0v) is 49.3. The van der Waals surface area contributed by atoms with Gasteiger partial charge in [0.2, 0.25) is 11.5 Å². The number of amides is 2. The van der Waals surface area contributed by atoms with Crippen molar-refractivity contribution in [1.82, 2.24) is 0 Å². The van der Waals surface area contributed by atoms with Crippen LogP contribution >= 0.6 is 63.7 Å². The third-order valence-corrected chi connectivity index (χ3v) is 13.3. The van der Waals surface area contributed by atoms with E-state index >= 15 is 0 Å². The summed E-state index contributed by atoms with van der Waals surface area (Å²) >= 11 is 13.2. The van der Waals surface area contributed by atoms with Crippen molar-refractivity contribution >= 4 is 110 Å². The van der Waals surface area contributed by atoms with Gasteiger partial charge in [0.25, 0.3) is 11.8 Å². The molecule has 0 bridgehead atoms. The van der Waals surface area contributed by atoms with Gasteiger partial charge >= 0.3 is 23.3 Å². The number of aryl methyl sites for hydroxylation is 4. The summed E-state index contributed by atoms with van der Waals surface area (Å²) in [5, 5.41) is 27.9. The first-order valence-electron chi connectivity index (χ1n) is 23.5. The Balaban J connectivity index is 0.000000155. The molecule has 0 aromatic heterocycles. The molecule has 22 heteroatoms. The van der Waals surface area contributed by atoms with Crippen LogP contribution in [-0.2, 0) is 9.47 Å². The molecule has 0 radical (unpaired) electrons. The van der Waals surface area contributed by atoms with Crippen LogP contribution in [0.4, 0.5) is 22.7 Å². The van der Waals surface area contributed by atoms with Crippen LogP contribution < -0.4 is 29.6 Å². The van der Waals surface area contributed by atoms with Crippen molar-refractivity contribution in [2.24, 2.45) is 0 Å². The summed E-state index contributed by atoms with van der Waals surface area (Å²) < 4.78 is 35.1. The molecular formula is C58H44Br4N4O14. The fraction of sp³-hybridized carbons (Fsp3) is 0.103. The number of nitrogens with one attached hydrogen (secondary N) is 2. The summed E-state index contributed by atoms with van der Waals surface area (Å²) in [6, 6.07) is 40.8. The number of hydrogen-bond acceptors (Lipinski definition) is 14. The van der Waals surface area contributed by atoms with Crippen LogP contribution in [0.3, 0.4) is 0 Å². The molecule has 0 spiro atoms. The Labute approximate surface area is 491 Å². The number of halogens is 4. The van der Waals surface area contributed by atoms with Crippen molar-refractivity contribution in [3.8, 4) is 46.0 Å². The number of ether oxygens (including phenoxy) is 6. The first-order valence-corrected chi connectivity index (χ1v) is 26.7. The predicted octanol–water partition coefficient (Wildman–Crippen LogP) is 16.7. The van der Waals surface area contributed by atoms with Crippen molar-refractivity contribution in [3.05, 3.63) is 228 Å². The van der Waals surface area contributed by atoms with E-state index in [1.807, 2.05) is 100 Å². The van der Waals surface area contributed by atoms with Gasteiger partial charge in [0.05, 0.1) is 46.6 Å². The Morgan fingerprint density at radius 2 is 0.850 bits per heavy atom. The highest BCUT2D eigenvalue weighted by molar-refractivity contribution is 9.11. The molecule has 18 nitrogen and oxygen atoms in total. The van der Waals surface area contributed by atoms with E-state index in [-0.39, 0.29) is 57.3 Å². The lowest BCUT2D eigenvalue weighted by Gasteiger charge is -2.11. The Morgan fingerprint density at radius 3 is 1.40 bits per heavy atom. The number of rotatable bonds is 8. The molecule has 0 aliphatic carbocycles. The van der Waals surface area contributed by atoms with Crippen molar-refractivity contribution in [3.63, 3.8) is 0 Å². The number of methoxy groups -OCH3 is 2. The SMILES string of the molecule is COC(=O)c1cc(C)ccc1Oc1cc(Br)ccc1[N+](=O)[O-].COC(=O)c1cc(C)ccc1Oc1ccc(Br)cc1[N+](=O)[O-].Cc1ccc2c(c1)C(=O)Nc1cc(Br)ccc1O2.Cc1ccc2c(c1)C(=O)Nc1ccc(Br)cc1O2. The number of nitrogens with zero attached hydrogens (tertiary/aromatic N) is 2. The summed E-state index contributed by atoms with van der Waals surface area (Å²) in [6.45, 7) is 7.53. The molecule has 2 heterocycles. The maximum Gasteiger partial charge on any atom is 0.341 e. The minimum Gasteiger partial charge on any atom is -0.465 e. The minimum absolute atomic E-state index is 0.0355. The molecule has 0 saturated carbocycles. The van der Waals surface area contributed by atoms with Crippen LogP contribution in [-0.4, -0.2) is 47.8 Å². The smallest absolute Gasteiger partial charge is 0.341 e. The van der Waals surface area contributed by atoms with Crippen molar-refractivity contribution in [2.45, 2.75) is 27.7 Å². The molecule has 2 aliphatic heterocycles. The molecule has 0 atom stereocenters. The Hall–Kier alpha value is -8.44. The summed E-state index contributed by atoms with van der Waals surface area (Å²) in [5.74, 6) is 1.48. The van der Waals surface area contributed by atoms with Crippen LogP contribution in [0, 0.1) is 47.9 Å². The quantitative estimate of drug-likeness (QED) is 0.0818. The average Bonchev–Trinajstić information content (AvgIpc) is 3.64. The fourth-order valence-corrected chi connectivity index (χ4v) is 8.88. The summed E-state index contributed by atoms with van der Waals surface area (Å²) in [7, 11) is 2.52. The second-order valence-corrected chi connectivity index (χ2v) is 21.0. The number of fused-ring (bicyclic) bond motifs is 4. The van der Waals surface area contributed by atoms with Crippen LogP contribution in [0.25, 0.3) is 0 Å². The third-order valence-electron chi connectivity index (χ3n) is 11.3. The molecule has 0 fully saturated rings. The Bertz CT molecular complexity index is 3760. The van der Waals surface area contributed by atoms with E-state index in [0.717, 1.165) is 31.2 Å². The number of carbonyl (C=O) groups is 4. The second-order valence-electron chi connectivity index (χ2n) is 17.3. The number of esters is 2. The Morgan fingerprint density at radius 1 is 0.438 bits per heavy atom. The standard InChI is InChI=1S/2C15H12BrNO5.2C14H10BrNO2/c1-9-3-6-13(11(7-9)15(18)21-2)22-14-8-10(16)4-5-12(14)17(19)20;1-9-3-5-13(11(7-9)15(18)21-2)22-14-6-4-10(16)8-12(14)17(19)20;1-8-2-5-12-10(6-8)14(17)16-11-4-3-9(15)7-13(11)18-12;1-8-2-4-12-10(6-8)14(17)16-11-7-9(15)3-5-13(11)18-12/h2*3-8H,1-2H3;2*2-7H,1H3,(H,16,17). The van der Waals surface area contributed by atoms with Gasteiger partial charge in [0.1, 0.15) is 34.1 Å². The van der Waals surface area contributed by atoms with Crippen molar-refractivity contribution < 1.29 is 57.4 Å². The van der Waals surface area contributed by atoms with E-state index in [1.54, 1.807) is 48.5 Å². The third kappa shape index (κ3) is 15.0. The van der Waals surface area contributed by atoms with Gasteiger partial charge < -0.3 is 39.1 Å². The lowest BCUT2D eigenvalue weighted by molar-refractivity contribution is -0.385. The molecule has 80 heavy (non-hydrogen) atoms. The molecule has 2 aliphatic rings. The van der Waals surface area contributed by atoms with Gasteiger partial charge in [-0.2, -0.15) is 0 Å². The van der Waals surface area contributed by atoms with Crippen LogP contribution in [0.15, 0.2) is 163 Å². The van der Waals surface area contributed by atoms with Gasteiger partial charge in [-0.05, 0) is 131 Å². The number of nitro groups is 2. The fourth-order valence-electron chi connectivity index (χ4n) is 7.49. The number of hydrogen-bond donors (Lipinski definition) is 2. The van der Waals surface area contributed by atoms with Gasteiger partial charge in [-0.3, -0.25) is 29.8 Å². The molecule has 0 unspecified atom stereocenters.